The predicted molar refractivity (Wildman–Crippen MR) is 153 cm³/mol. The molecular formula is C29H29ClN4O6. The van der Waals surface area contributed by atoms with Gasteiger partial charge >= 0.3 is 11.8 Å². The first-order valence-corrected chi connectivity index (χ1v) is 12.9. The van der Waals surface area contributed by atoms with Crippen molar-refractivity contribution < 1.29 is 28.6 Å². The van der Waals surface area contributed by atoms with E-state index in [9.17, 15) is 14.4 Å². The fraction of sp³-hybridized carbons (Fsp3) is 0.207. The lowest BCUT2D eigenvalue weighted by Crippen LogP contribution is -2.40. The molecule has 4 rings (SSSR count). The van der Waals surface area contributed by atoms with Crippen molar-refractivity contribution in [2.75, 3.05) is 38.1 Å². The quantitative estimate of drug-likeness (QED) is 0.246. The van der Waals surface area contributed by atoms with Crippen molar-refractivity contribution in [1.82, 2.24) is 9.99 Å². The molecule has 0 aliphatic rings. The van der Waals surface area contributed by atoms with Gasteiger partial charge in [-0.05, 0) is 79.6 Å². The van der Waals surface area contributed by atoms with E-state index in [-0.39, 0.29) is 12.2 Å². The van der Waals surface area contributed by atoms with Gasteiger partial charge in [-0.1, -0.05) is 17.7 Å². The summed E-state index contributed by atoms with van der Waals surface area (Å²) in [6, 6.07) is 18.8. The number of anilines is 1. The van der Waals surface area contributed by atoms with Crippen molar-refractivity contribution in [1.29, 1.82) is 0 Å². The largest absolute Gasteiger partial charge is 0.494 e. The Balaban J connectivity index is 1.46. The second-order valence-electron chi connectivity index (χ2n) is 8.62. The van der Waals surface area contributed by atoms with Gasteiger partial charge in [-0.15, -0.1) is 0 Å². The van der Waals surface area contributed by atoms with Crippen molar-refractivity contribution in [3.8, 4) is 17.2 Å². The highest BCUT2D eigenvalue weighted by molar-refractivity contribution is 6.38. The second-order valence-corrected chi connectivity index (χ2v) is 9.05. The van der Waals surface area contributed by atoms with Gasteiger partial charge in [-0.2, -0.15) is 0 Å². The molecule has 0 saturated heterocycles. The zero-order chi connectivity index (χ0) is 28.6. The van der Waals surface area contributed by atoms with E-state index in [1.165, 1.54) is 4.68 Å². The number of hydrogen-bond acceptors (Lipinski definition) is 6. The number of benzene rings is 3. The minimum Gasteiger partial charge on any atom is -0.494 e. The van der Waals surface area contributed by atoms with Gasteiger partial charge in [0, 0.05) is 22.6 Å². The van der Waals surface area contributed by atoms with Crippen molar-refractivity contribution in [2.24, 2.45) is 0 Å². The van der Waals surface area contributed by atoms with Gasteiger partial charge in [0.15, 0.2) is 11.5 Å². The number of rotatable bonds is 10. The number of ether oxygens (including phenoxy) is 3. The molecule has 1 heterocycles. The van der Waals surface area contributed by atoms with E-state index in [2.05, 4.69) is 16.1 Å². The SMILES string of the molecule is CCOc1ccc(NC(=O)c2cc3cc(Cl)ccc3n2NC(=O)C(=O)NCCc2ccc(OC)c(OC)c2)cc1. The monoisotopic (exact) mass is 564 g/mol. The third kappa shape index (κ3) is 6.65. The fourth-order valence-electron chi connectivity index (χ4n) is 4.06. The number of fused-ring (bicyclic) bond motifs is 1. The predicted octanol–water partition coefficient (Wildman–Crippen LogP) is 4.39. The lowest BCUT2D eigenvalue weighted by Gasteiger charge is -2.13. The maximum absolute atomic E-state index is 13.2. The van der Waals surface area contributed by atoms with E-state index in [1.54, 1.807) is 74.9 Å². The number of nitrogens with zero attached hydrogens (tertiary/aromatic N) is 1. The summed E-state index contributed by atoms with van der Waals surface area (Å²) in [4.78, 5) is 38.7. The molecule has 208 valence electrons. The van der Waals surface area contributed by atoms with Gasteiger partial charge in [0.25, 0.3) is 5.91 Å². The Bertz CT molecular complexity index is 1530. The Morgan fingerprint density at radius 2 is 1.62 bits per heavy atom. The van der Waals surface area contributed by atoms with Crippen molar-refractivity contribution in [3.05, 3.63) is 83.0 Å². The molecule has 40 heavy (non-hydrogen) atoms. The molecule has 0 aliphatic carbocycles. The lowest BCUT2D eigenvalue weighted by atomic mass is 10.1. The second kappa shape index (κ2) is 12.9. The van der Waals surface area contributed by atoms with E-state index in [1.807, 2.05) is 13.0 Å². The topological polar surface area (TPSA) is 120 Å². The number of amides is 3. The number of carbonyl (C=O) groups excluding carboxylic acids is 3. The molecule has 0 saturated carbocycles. The van der Waals surface area contributed by atoms with Crippen LogP contribution < -0.4 is 30.3 Å². The zero-order valence-electron chi connectivity index (χ0n) is 22.2. The minimum atomic E-state index is -0.935. The molecular weight excluding hydrogens is 536 g/mol. The van der Waals surface area contributed by atoms with Crippen LogP contribution in [0.4, 0.5) is 5.69 Å². The molecule has 11 heteroatoms. The van der Waals surface area contributed by atoms with Crippen molar-refractivity contribution >= 4 is 45.9 Å². The van der Waals surface area contributed by atoms with Crippen LogP contribution >= 0.6 is 11.6 Å². The van der Waals surface area contributed by atoms with Crippen LogP contribution in [-0.4, -0.2) is 49.8 Å². The molecule has 0 atom stereocenters. The van der Waals surface area contributed by atoms with Crippen molar-refractivity contribution in [3.63, 3.8) is 0 Å². The maximum Gasteiger partial charge on any atom is 0.328 e. The number of halogens is 1. The van der Waals surface area contributed by atoms with Crippen LogP contribution in [0, 0.1) is 0 Å². The molecule has 0 bridgehead atoms. The standard InChI is InChI=1S/C29H29ClN4O6/c1-4-40-22-9-7-21(8-10-22)32-27(35)24-17-19-16-20(30)6-11-23(19)34(24)33-29(37)28(36)31-14-13-18-5-12-25(38-2)26(15-18)39-3/h5-12,15-17H,4,13-14H2,1-3H3,(H,31,36)(H,32,35)(H,33,37). The van der Waals surface area contributed by atoms with E-state index in [0.29, 0.717) is 51.9 Å². The van der Waals surface area contributed by atoms with Crippen LogP contribution in [0.3, 0.4) is 0 Å². The molecule has 0 aliphatic heterocycles. The Hall–Kier alpha value is -4.70. The van der Waals surface area contributed by atoms with Crippen LogP contribution in [-0.2, 0) is 16.0 Å². The molecule has 0 fully saturated rings. The summed E-state index contributed by atoms with van der Waals surface area (Å²) in [6.07, 6.45) is 0.458. The van der Waals surface area contributed by atoms with E-state index >= 15 is 0 Å². The molecule has 10 nitrogen and oxygen atoms in total. The molecule has 1 aromatic heterocycles. The van der Waals surface area contributed by atoms with E-state index in [0.717, 1.165) is 5.56 Å². The summed E-state index contributed by atoms with van der Waals surface area (Å²) < 4.78 is 17.2. The highest BCUT2D eigenvalue weighted by atomic mass is 35.5. The van der Waals surface area contributed by atoms with Crippen LogP contribution in [0.15, 0.2) is 66.7 Å². The van der Waals surface area contributed by atoms with Gasteiger partial charge in [0.2, 0.25) is 0 Å². The first kappa shape index (κ1) is 28.3. The summed E-state index contributed by atoms with van der Waals surface area (Å²) in [5.41, 5.74) is 4.55. The van der Waals surface area contributed by atoms with Crippen LogP contribution in [0.1, 0.15) is 23.0 Å². The third-order valence-electron chi connectivity index (χ3n) is 5.99. The highest BCUT2D eigenvalue weighted by Gasteiger charge is 2.21. The minimum absolute atomic E-state index is 0.109. The zero-order valence-corrected chi connectivity index (χ0v) is 23.0. The highest BCUT2D eigenvalue weighted by Crippen LogP contribution is 2.28. The molecule has 3 N–H and O–H groups in total. The average Bonchev–Trinajstić information content (AvgIpc) is 3.31. The molecule has 0 unspecified atom stereocenters. The third-order valence-corrected chi connectivity index (χ3v) is 6.22. The molecule has 4 aromatic rings. The Kier molecular flexibility index (Phi) is 9.13. The molecule has 0 radical (unpaired) electrons. The average molecular weight is 565 g/mol. The van der Waals surface area contributed by atoms with Crippen LogP contribution in [0.25, 0.3) is 10.9 Å². The number of hydrogen-bond donors (Lipinski definition) is 3. The first-order chi connectivity index (χ1) is 19.3. The smallest absolute Gasteiger partial charge is 0.328 e. The molecule has 3 amide bonds. The van der Waals surface area contributed by atoms with Crippen molar-refractivity contribution in [2.45, 2.75) is 13.3 Å². The summed E-state index contributed by atoms with van der Waals surface area (Å²) in [7, 11) is 3.09. The van der Waals surface area contributed by atoms with E-state index < -0.39 is 17.7 Å². The van der Waals surface area contributed by atoms with Gasteiger partial charge in [0.05, 0.1) is 26.3 Å². The van der Waals surface area contributed by atoms with Gasteiger partial charge in [0.1, 0.15) is 11.4 Å². The van der Waals surface area contributed by atoms with E-state index in [4.69, 9.17) is 25.8 Å². The number of nitrogens with one attached hydrogen (secondary N) is 3. The summed E-state index contributed by atoms with van der Waals surface area (Å²) >= 11 is 6.14. The lowest BCUT2D eigenvalue weighted by molar-refractivity contribution is -0.136. The maximum atomic E-state index is 13.2. The fourth-order valence-corrected chi connectivity index (χ4v) is 4.24. The first-order valence-electron chi connectivity index (χ1n) is 12.5. The molecule has 0 spiro atoms. The summed E-state index contributed by atoms with van der Waals surface area (Å²) in [5.74, 6) is -0.444. The summed E-state index contributed by atoms with van der Waals surface area (Å²) in [6.45, 7) is 2.61. The van der Waals surface area contributed by atoms with Gasteiger partial charge < -0.3 is 24.8 Å². The number of methoxy groups -OCH3 is 2. The summed E-state index contributed by atoms with van der Waals surface area (Å²) in [5, 5.41) is 6.47. The Morgan fingerprint density at radius 3 is 2.33 bits per heavy atom. The molecule has 3 aromatic carbocycles. The van der Waals surface area contributed by atoms with Crippen LogP contribution in [0.2, 0.25) is 5.02 Å². The number of aromatic nitrogens is 1. The normalized spacial score (nSPS) is 10.6. The Morgan fingerprint density at radius 1 is 0.875 bits per heavy atom. The Labute approximate surface area is 236 Å². The van der Waals surface area contributed by atoms with Gasteiger partial charge in [-0.3, -0.25) is 19.8 Å². The van der Waals surface area contributed by atoms with Crippen LogP contribution in [0.5, 0.6) is 17.2 Å². The van der Waals surface area contributed by atoms with Gasteiger partial charge in [-0.25, -0.2) is 4.68 Å². The number of carbonyl (C=O) groups is 3.